The molecule has 1 aliphatic carbocycles. The van der Waals surface area contributed by atoms with Gasteiger partial charge in [0.15, 0.2) is 0 Å². The molecule has 0 heterocycles. The van der Waals surface area contributed by atoms with Crippen molar-refractivity contribution in [3.8, 4) is 0 Å². The average Bonchev–Trinajstić information content (AvgIpc) is 3.21. The third-order valence-electron chi connectivity index (χ3n) is 3.18. The summed E-state index contributed by atoms with van der Waals surface area (Å²) in [7, 11) is -1.86. The maximum Gasteiger partial charge on any atom is 0.301 e. The van der Waals surface area contributed by atoms with Crippen molar-refractivity contribution in [3.63, 3.8) is 0 Å². The zero-order chi connectivity index (χ0) is 14.6. The van der Waals surface area contributed by atoms with E-state index >= 15 is 0 Å². The molecule has 1 aromatic rings. The fraction of sp³-hybridized carbons (Fsp3) is 0.538. The van der Waals surface area contributed by atoms with Crippen molar-refractivity contribution in [2.24, 2.45) is 0 Å². The highest BCUT2D eigenvalue weighted by Gasteiger charge is 2.21. The zero-order valence-corrected chi connectivity index (χ0v) is 14.4. The molecule has 0 aliphatic heterocycles. The highest BCUT2D eigenvalue weighted by Crippen LogP contribution is 2.19. The maximum atomic E-state index is 12.2. The number of para-hydroxylation sites is 1. The summed E-state index contributed by atoms with van der Waals surface area (Å²) >= 11 is 2.12. The number of nitrogens with zero attached hydrogens (tertiary/aromatic N) is 1. The van der Waals surface area contributed by atoms with Gasteiger partial charge >= 0.3 is 10.2 Å². The summed E-state index contributed by atoms with van der Waals surface area (Å²) in [6.45, 7) is 1.38. The number of halogens is 1. The summed E-state index contributed by atoms with van der Waals surface area (Å²) in [5.41, 5.74) is 0.621. The van der Waals surface area contributed by atoms with Crippen LogP contribution in [0.5, 0.6) is 0 Å². The Hall–Kier alpha value is -0.380. The van der Waals surface area contributed by atoms with Crippen molar-refractivity contribution in [2.75, 3.05) is 24.9 Å². The lowest BCUT2D eigenvalue weighted by Crippen LogP contribution is -2.34. The third-order valence-corrected chi connectivity index (χ3v) is 5.61. The van der Waals surface area contributed by atoms with Crippen LogP contribution in [0.15, 0.2) is 24.3 Å². The molecular weight excluding hydrogens is 389 g/mol. The van der Waals surface area contributed by atoms with Gasteiger partial charge in [-0.05, 0) is 60.5 Å². The molecule has 1 aliphatic rings. The van der Waals surface area contributed by atoms with E-state index in [-0.39, 0.29) is 0 Å². The summed E-state index contributed by atoms with van der Waals surface area (Å²) in [6, 6.07) is 8.01. The Morgan fingerprint density at radius 3 is 2.70 bits per heavy atom. The SMILES string of the molecule is CN(CCCNC1CC1)S(=O)(=O)Nc1ccccc1I. The standard InChI is InChI=1S/C13H20IN3O2S/c1-17(10-4-9-15-11-7-8-11)20(18,19)16-13-6-3-2-5-12(13)14/h2-3,5-6,11,15-16H,4,7-10H2,1H3. The van der Waals surface area contributed by atoms with E-state index in [1.54, 1.807) is 13.1 Å². The molecule has 0 amide bonds. The van der Waals surface area contributed by atoms with Crippen LogP contribution in [0.2, 0.25) is 0 Å². The maximum absolute atomic E-state index is 12.2. The molecule has 0 unspecified atom stereocenters. The molecule has 0 spiro atoms. The van der Waals surface area contributed by atoms with Crippen molar-refractivity contribution in [1.29, 1.82) is 0 Å². The number of benzene rings is 1. The van der Waals surface area contributed by atoms with E-state index in [0.29, 0.717) is 18.3 Å². The Bertz CT molecular complexity index is 546. The minimum Gasteiger partial charge on any atom is -0.314 e. The van der Waals surface area contributed by atoms with Crippen molar-refractivity contribution < 1.29 is 8.42 Å². The third kappa shape index (κ3) is 4.87. The van der Waals surface area contributed by atoms with Gasteiger partial charge in [0, 0.05) is 23.2 Å². The van der Waals surface area contributed by atoms with Gasteiger partial charge in [-0.1, -0.05) is 12.1 Å². The second-order valence-corrected chi connectivity index (χ2v) is 7.93. The molecule has 5 nitrogen and oxygen atoms in total. The van der Waals surface area contributed by atoms with Gasteiger partial charge in [0.05, 0.1) is 5.69 Å². The Kier molecular flexibility index (Phi) is 5.65. The lowest BCUT2D eigenvalue weighted by molar-refractivity contribution is 0.458. The quantitative estimate of drug-likeness (QED) is 0.510. The monoisotopic (exact) mass is 409 g/mol. The molecular formula is C13H20IN3O2S. The van der Waals surface area contributed by atoms with Gasteiger partial charge in [0.25, 0.3) is 0 Å². The molecule has 0 atom stereocenters. The van der Waals surface area contributed by atoms with Gasteiger partial charge in [-0.15, -0.1) is 0 Å². The summed E-state index contributed by atoms with van der Waals surface area (Å²) < 4.78 is 29.2. The van der Waals surface area contributed by atoms with Gasteiger partial charge in [-0.25, -0.2) is 0 Å². The van der Waals surface area contributed by atoms with Crippen LogP contribution in [0, 0.1) is 3.57 Å². The van der Waals surface area contributed by atoms with Gasteiger partial charge in [0.1, 0.15) is 0 Å². The summed E-state index contributed by atoms with van der Waals surface area (Å²) in [5.74, 6) is 0. The first-order valence-electron chi connectivity index (χ1n) is 6.71. The molecule has 1 fully saturated rings. The van der Waals surface area contributed by atoms with E-state index in [0.717, 1.165) is 16.5 Å². The van der Waals surface area contributed by atoms with Crippen LogP contribution in [0.3, 0.4) is 0 Å². The van der Waals surface area contributed by atoms with Gasteiger partial charge < -0.3 is 5.32 Å². The highest BCUT2D eigenvalue weighted by molar-refractivity contribution is 14.1. The average molecular weight is 409 g/mol. The first kappa shape index (κ1) is 16.0. The molecule has 1 aromatic carbocycles. The molecule has 0 saturated heterocycles. The highest BCUT2D eigenvalue weighted by atomic mass is 127. The largest absolute Gasteiger partial charge is 0.314 e. The van der Waals surface area contributed by atoms with Gasteiger partial charge in [-0.2, -0.15) is 12.7 Å². The molecule has 112 valence electrons. The van der Waals surface area contributed by atoms with Crippen LogP contribution in [0.4, 0.5) is 5.69 Å². The van der Waals surface area contributed by atoms with Crippen LogP contribution in [-0.2, 0) is 10.2 Å². The van der Waals surface area contributed by atoms with E-state index < -0.39 is 10.2 Å². The first-order valence-corrected chi connectivity index (χ1v) is 9.23. The lowest BCUT2D eigenvalue weighted by Gasteiger charge is -2.19. The second-order valence-electron chi connectivity index (χ2n) is 4.99. The minimum absolute atomic E-state index is 0.512. The van der Waals surface area contributed by atoms with E-state index in [9.17, 15) is 8.42 Å². The zero-order valence-electron chi connectivity index (χ0n) is 11.5. The fourth-order valence-corrected chi connectivity index (χ4v) is 3.46. The van der Waals surface area contributed by atoms with E-state index in [1.165, 1.54) is 17.1 Å². The smallest absolute Gasteiger partial charge is 0.301 e. The molecule has 2 N–H and O–H groups in total. The number of anilines is 1. The van der Waals surface area contributed by atoms with Gasteiger partial charge in [0.2, 0.25) is 0 Å². The minimum atomic E-state index is -3.47. The summed E-state index contributed by atoms with van der Waals surface area (Å²) in [4.78, 5) is 0. The van der Waals surface area contributed by atoms with Crippen LogP contribution >= 0.6 is 22.6 Å². The summed E-state index contributed by atoms with van der Waals surface area (Å²) in [6.07, 6.45) is 3.32. The Labute approximate surface area is 134 Å². The summed E-state index contributed by atoms with van der Waals surface area (Å²) in [5, 5.41) is 3.38. The van der Waals surface area contributed by atoms with Crippen molar-refractivity contribution in [1.82, 2.24) is 9.62 Å². The number of hydrogen-bond donors (Lipinski definition) is 2. The first-order chi connectivity index (χ1) is 9.49. The van der Waals surface area contributed by atoms with Crippen LogP contribution in [0.1, 0.15) is 19.3 Å². The molecule has 0 bridgehead atoms. The van der Waals surface area contributed by atoms with Crippen LogP contribution in [0.25, 0.3) is 0 Å². The number of nitrogens with one attached hydrogen (secondary N) is 2. The predicted molar refractivity (Wildman–Crippen MR) is 90.0 cm³/mol. The number of hydrogen-bond acceptors (Lipinski definition) is 3. The molecule has 7 heteroatoms. The van der Waals surface area contributed by atoms with Gasteiger partial charge in [-0.3, -0.25) is 4.72 Å². The lowest BCUT2D eigenvalue weighted by atomic mass is 10.3. The predicted octanol–water partition coefficient (Wildman–Crippen LogP) is 2.02. The Morgan fingerprint density at radius 2 is 2.05 bits per heavy atom. The normalized spacial score (nSPS) is 15.6. The molecule has 0 radical (unpaired) electrons. The van der Waals surface area contributed by atoms with E-state index in [2.05, 4.69) is 32.6 Å². The number of rotatable bonds is 8. The Morgan fingerprint density at radius 1 is 1.35 bits per heavy atom. The van der Waals surface area contributed by atoms with Crippen molar-refractivity contribution >= 4 is 38.5 Å². The second kappa shape index (κ2) is 7.06. The van der Waals surface area contributed by atoms with Crippen molar-refractivity contribution in [3.05, 3.63) is 27.8 Å². The van der Waals surface area contributed by atoms with Crippen molar-refractivity contribution in [2.45, 2.75) is 25.3 Å². The topological polar surface area (TPSA) is 61.4 Å². The molecule has 0 aromatic heterocycles. The van der Waals surface area contributed by atoms with E-state index in [1.807, 2.05) is 18.2 Å². The molecule has 2 rings (SSSR count). The molecule has 20 heavy (non-hydrogen) atoms. The Balaban J connectivity index is 1.83. The van der Waals surface area contributed by atoms with E-state index in [4.69, 9.17) is 0 Å². The fourth-order valence-electron chi connectivity index (χ4n) is 1.78. The van der Waals surface area contributed by atoms with Crippen LogP contribution < -0.4 is 10.0 Å². The molecule has 1 saturated carbocycles. The van der Waals surface area contributed by atoms with Crippen LogP contribution in [-0.4, -0.2) is 38.9 Å².